The van der Waals surface area contributed by atoms with Crippen LogP contribution in [0, 0.1) is 0 Å². The second-order valence-corrected chi connectivity index (χ2v) is 14.4. The van der Waals surface area contributed by atoms with Gasteiger partial charge in [-0.25, -0.2) is 4.98 Å². The van der Waals surface area contributed by atoms with Gasteiger partial charge in [-0.1, -0.05) is 115 Å². The molecule has 4 nitrogen and oxygen atoms in total. The number of benzene rings is 8. The number of anilines is 3. The molecule has 0 N–H and O–H groups in total. The summed E-state index contributed by atoms with van der Waals surface area (Å²) in [5.74, 6) is 0. The van der Waals surface area contributed by atoms with Crippen LogP contribution in [0.5, 0.6) is 0 Å². The fourth-order valence-corrected chi connectivity index (χ4v) is 9.64. The molecular weight excluding hydrogens is 645 g/mol. The van der Waals surface area contributed by atoms with E-state index in [1.165, 1.54) is 81.2 Å². The minimum atomic E-state index is 0.986. The van der Waals surface area contributed by atoms with Crippen molar-refractivity contribution in [2.45, 2.75) is 0 Å². The van der Waals surface area contributed by atoms with Gasteiger partial charge in [0.25, 0.3) is 0 Å². The third kappa shape index (κ3) is 3.39. The molecule has 53 heavy (non-hydrogen) atoms. The van der Waals surface area contributed by atoms with Crippen molar-refractivity contribution < 1.29 is 0 Å². The fourth-order valence-electron chi connectivity index (χ4n) is 9.64. The highest BCUT2D eigenvalue weighted by Crippen LogP contribution is 2.50. The molecule has 0 saturated heterocycles. The van der Waals surface area contributed by atoms with Crippen LogP contribution in [0.1, 0.15) is 0 Å². The van der Waals surface area contributed by atoms with Crippen molar-refractivity contribution in [3.8, 4) is 0 Å². The SMILES string of the molecule is c1ccc(N(c2ccccc2)c2cccc3c4cccc5c6c7c8c9ccccc9cc9c%10cc%11ccccc%11cc%10n(c7cnc6n(c23)c45)c98)cc1. The Morgan fingerprint density at radius 3 is 1.75 bits per heavy atom. The second-order valence-electron chi connectivity index (χ2n) is 14.4. The number of pyridine rings is 1. The van der Waals surface area contributed by atoms with Crippen LogP contribution in [-0.2, 0) is 0 Å². The van der Waals surface area contributed by atoms with Crippen molar-refractivity contribution in [3.63, 3.8) is 0 Å². The van der Waals surface area contributed by atoms with E-state index in [1.54, 1.807) is 0 Å². The first-order valence-electron chi connectivity index (χ1n) is 18.2. The lowest BCUT2D eigenvalue weighted by atomic mass is 9.98. The van der Waals surface area contributed by atoms with Gasteiger partial charge in [-0.2, -0.15) is 0 Å². The van der Waals surface area contributed by atoms with Gasteiger partial charge >= 0.3 is 0 Å². The maximum absolute atomic E-state index is 5.46. The van der Waals surface area contributed by atoms with Crippen LogP contribution in [0.15, 0.2) is 170 Å². The van der Waals surface area contributed by atoms with Crippen LogP contribution in [0.25, 0.3) is 97.9 Å². The molecule has 0 saturated carbocycles. The Bertz CT molecular complexity index is 3580. The van der Waals surface area contributed by atoms with Gasteiger partial charge in [0.15, 0.2) is 0 Å². The van der Waals surface area contributed by atoms with Gasteiger partial charge in [0.05, 0.1) is 39.5 Å². The zero-order chi connectivity index (χ0) is 34.4. The Balaban J connectivity index is 1.25. The molecule has 0 amide bonds. The molecule has 5 heterocycles. The van der Waals surface area contributed by atoms with Gasteiger partial charge in [-0.3, -0.25) is 4.40 Å². The summed E-state index contributed by atoms with van der Waals surface area (Å²) in [6.07, 6.45) is 2.13. The summed E-state index contributed by atoms with van der Waals surface area (Å²) in [4.78, 5) is 7.84. The molecule has 0 aliphatic carbocycles. The topological polar surface area (TPSA) is 24.9 Å². The van der Waals surface area contributed by atoms with Gasteiger partial charge in [-0.05, 0) is 70.1 Å². The van der Waals surface area contributed by atoms with E-state index >= 15 is 0 Å². The smallest absolute Gasteiger partial charge is 0.146 e. The largest absolute Gasteiger partial charge is 0.308 e. The fraction of sp³-hybridized carbons (Fsp3) is 0. The van der Waals surface area contributed by atoms with Crippen LogP contribution in [0.2, 0.25) is 0 Å². The lowest BCUT2D eigenvalue weighted by Crippen LogP contribution is -2.10. The van der Waals surface area contributed by atoms with E-state index in [-0.39, 0.29) is 0 Å². The van der Waals surface area contributed by atoms with Crippen molar-refractivity contribution in [2.24, 2.45) is 0 Å². The maximum atomic E-state index is 5.46. The van der Waals surface area contributed by atoms with Crippen molar-refractivity contribution in [2.75, 3.05) is 4.90 Å². The molecule has 0 aliphatic rings. The highest BCUT2D eigenvalue weighted by molar-refractivity contribution is 6.39. The third-order valence-electron chi connectivity index (χ3n) is 11.7. The van der Waals surface area contributed by atoms with E-state index < -0.39 is 0 Å². The average molecular weight is 673 g/mol. The summed E-state index contributed by atoms with van der Waals surface area (Å²) in [5.41, 5.74) is 10.3. The van der Waals surface area contributed by atoms with Gasteiger partial charge in [0.1, 0.15) is 5.65 Å². The Morgan fingerprint density at radius 1 is 0.377 bits per heavy atom. The summed E-state index contributed by atoms with van der Waals surface area (Å²) in [7, 11) is 0. The summed E-state index contributed by atoms with van der Waals surface area (Å²) >= 11 is 0. The summed E-state index contributed by atoms with van der Waals surface area (Å²) < 4.78 is 4.94. The van der Waals surface area contributed by atoms with Crippen molar-refractivity contribution in [3.05, 3.63) is 170 Å². The molecule has 0 unspecified atom stereocenters. The molecule has 4 heteroatoms. The zero-order valence-electron chi connectivity index (χ0n) is 28.5. The summed E-state index contributed by atoms with van der Waals surface area (Å²) in [6.45, 7) is 0. The molecule has 0 aliphatic heterocycles. The Morgan fingerprint density at radius 2 is 0.981 bits per heavy atom. The van der Waals surface area contributed by atoms with E-state index in [4.69, 9.17) is 4.98 Å². The summed E-state index contributed by atoms with van der Waals surface area (Å²) in [6, 6.07) is 59.7. The first-order valence-corrected chi connectivity index (χ1v) is 18.2. The lowest BCUT2D eigenvalue weighted by molar-refractivity contribution is 1.24. The quantitative estimate of drug-likeness (QED) is 0.187. The minimum absolute atomic E-state index is 0.986. The third-order valence-corrected chi connectivity index (χ3v) is 11.7. The number of nitrogens with zero attached hydrogens (tertiary/aromatic N) is 4. The molecule has 244 valence electrons. The van der Waals surface area contributed by atoms with Gasteiger partial charge in [0.2, 0.25) is 0 Å². The highest BCUT2D eigenvalue weighted by atomic mass is 15.2. The number of fused-ring (bicyclic) bond motifs is 16. The molecule has 8 aromatic carbocycles. The highest BCUT2D eigenvalue weighted by Gasteiger charge is 2.28. The molecule has 0 radical (unpaired) electrons. The van der Waals surface area contributed by atoms with Crippen molar-refractivity contribution in [1.82, 2.24) is 13.8 Å². The standard InChI is InChI=1S/C49H28N4/c1-3-16-32(17-4-1)51(33-18-5-2-6-19-33)40-24-12-22-36-35-21-11-23-37-44-45-42(28-50-49(44)53(46(35)37)47(36)40)52-41-27-30-14-8-7-13-29(30)25-38(41)39-26-31-15-9-10-20-34(31)43(45)48(39)52/h1-28H. The van der Waals surface area contributed by atoms with Crippen LogP contribution in [0.3, 0.4) is 0 Å². The van der Waals surface area contributed by atoms with Gasteiger partial charge in [0, 0.05) is 54.5 Å². The maximum Gasteiger partial charge on any atom is 0.146 e. The van der Waals surface area contributed by atoms with E-state index in [9.17, 15) is 0 Å². The number of hydrogen-bond acceptors (Lipinski definition) is 2. The Labute approximate surface area is 302 Å². The predicted octanol–water partition coefficient (Wildman–Crippen LogP) is 13.2. The lowest BCUT2D eigenvalue weighted by Gasteiger charge is -2.26. The molecule has 0 fully saturated rings. The van der Waals surface area contributed by atoms with E-state index in [2.05, 4.69) is 184 Å². The summed E-state index contributed by atoms with van der Waals surface area (Å²) in [5, 5.41) is 15.1. The molecule has 5 aromatic heterocycles. The Kier molecular flexibility index (Phi) is 5.08. The Hall–Kier alpha value is -7.17. The zero-order valence-corrected chi connectivity index (χ0v) is 28.5. The molecule has 0 atom stereocenters. The van der Waals surface area contributed by atoms with Crippen LogP contribution in [0.4, 0.5) is 17.1 Å². The molecular formula is C49H28N4. The average Bonchev–Trinajstić information content (AvgIpc) is 3.94. The van der Waals surface area contributed by atoms with Crippen LogP contribution >= 0.6 is 0 Å². The second kappa shape index (κ2) is 9.78. The van der Waals surface area contributed by atoms with Crippen LogP contribution in [-0.4, -0.2) is 13.8 Å². The number of aromatic nitrogens is 3. The van der Waals surface area contributed by atoms with Gasteiger partial charge in [-0.15, -0.1) is 0 Å². The first kappa shape index (κ1) is 27.5. The number of hydrogen-bond donors (Lipinski definition) is 0. The minimum Gasteiger partial charge on any atom is -0.308 e. The molecule has 0 bridgehead atoms. The van der Waals surface area contributed by atoms with E-state index in [0.29, 0.717) is 0 Å². The monoisotopic (exact) mass is 672 g/mol. The molecule has 13 rings (SSSR count). The van der Waals surface area contributed by atoms with Gasteiger partial charge < -0.3 is 9.30 Å². The normalized spacial score (nSPS) is 12.5. The number of para-hydroxylation sites is 4. The molecule has 0 spiro atoms. The predicted molar refractivity (Wildman–Crippen MR) is 223 cm³/mol. The van der Waals surface area contributed by atoms with Crippen molar-refractivity contribution >= 4 is 115 Å². The number of rotatable bonds is 3. The van der Waals surface area contributed by atoms with E-state index in [1.807, 2.05) is 0 Å². The molecule has 13 aromatic rings. The van der Waals surface area contributed by atoms with E-state index in [0.717, 1.165) is 33.7 Å². The van der Waals surface area contributed by atoms with Crippen molar-refractivity contribution in [1.29, 1.82) is 0 Å². The first-order chi connectivity index (χ1) is 26.3. The van der Waals surface area contributed by atoms with Crippen LogP contribution < -0.4 is 4.90 Å².